The van der Waals surface area contributed by atoms with Gasteiger partial charge in [0.1, 0.15) is 12.4 Å². The van der Waals surface area contributed by atoms with Gasteiger partial charge in [-0.2, -0.15) is 0 Å². The van der Waals surface area contributed by atoms with Gasteiger partial charge in [-0.25, -0.2) is 0 Å². The van der Waals surface area contributed by atoms with E-state index in [0.717, 1.165) is 33.5 Å². The normalized spacial score (nSPS) is 10.2. The molecule has 2 N–H and O–H groups in total. The quantitative estimate of drug-likeness (QED) is 0.675. The Morgan fingerprint density at radius 1 is 1.32 bits per heavy atom. The van der Waals surface area contributed by atoms with E-state index in [4.69, 9.17) is 10.5 Å². The van der Waals surface area contributed by atoms with Crippen LogP contribution in [0.2, 0.25) is 0 Å². The highest BCUT2D eigenvalue weighted by atomic mass is 79.9. The van der Waals surface area contributed by atoms with Gasteiger partial charge in [-0.15, -0.1) is 6.58 Å². The molecule has 4 heteroatoms. The highest BCUT2D eigenvalue weighted by molar-refractivity contribution is 9.10. The monoisotopic (exact) mass is 318 g/mol. The number of allylic oxidation sites excluding steroid dienone is 1. The molecule has 0 aliphatic rings. The molecular weight excluding hydrogens is 304 g/mol. The van der Waals surface area contributed by atoms with E-state index in [1.54, 1.807) is 12.4 Å². The van der Waals surface area contributed by atoms with Gasteiger partial charge in [0.25, 0.3) is 0 Å². The van der Waals surface area contributed by atoms with E-state index in [-0.39, 0.29) is 0 Å². The molecule has 0 fully saturated rings. The van der Waals surface area contributed by atoms with Crippen LogP contribution in [-0.2, 0) is 13.0 Å². The van der Waals surface area contributed by atoms with Gasteiger partial charge in [0, 0.05) is 28.1 Å². The number of hydrogen-bond donors (Lipinski definition) is 1. The zero-order valence-corrected chi connectivity index (χ0v) is 12.1. The minimum atomic E-state index is 0.473. The summed E-state index contributed by atoms with van der Waals surface area (Å²) in [5, 5.41) is 0. The lowest BCUT2D eigenvalue weighted by Gasteiger charge is -2.11. The van der Waals surface area contributed by atoms with Crippen molar-refractivity contribution in [2.24, 2.45) is 0 Å². The molecule has 1 aromatic heterocycles. The van der Waals surface area contributed by atoms with E-state index in [2.05, 4.69) is 27.5 Å². The summed E-state index contributed by atoms with van der Waals surface area (Å²) in [5.41, 5.74) is 8.56. The lowest BCUT2D eigenvalue weighted by atomic mass is 10.1. The summed E-state index contributed by atoms with van der Waals surface area (Å²) < 4.78 is 6.76. The van der Waals surface area contributed by atoms with Crippen molar-refractivity contribution in [1.29, 1.82) is 0 Å². The smallest absolute Gasteiger partial charge is 0.123 e. The van der Waals surface area contributed by atoms with E-state index in [9.17, 15) is 0 Å². The van der Waals surface area contributed by atoms with Crippen molar-refractivity contribution >= 4 is 21.6 Å². The van der Waals surface area contributed by atoms with Crippen molar-refractivity contribution < 1.29 is 4.74 Å². The number of nitrogen functional groups attached to an aromatic ring is 1. The molecule has 19 heavy (non-hydrogen) atoms. The fourth-order valence-corrected chi connectivity index (χ4v) is 2.16. The SMILES string of the molecule is C=CCc1cc(N)ccc1OCc1cncc(Br)c1. The standard InChI is InChI=1S/C15H15BrN2O/c1-2-3-12-7-14(17)4-5-15(12)19-10-11-6-13(16)9-18-8-11/h2,4-9H,1,3,10,17H2. The summed E-state index contributed by atoms with van der Waals surface area (Å²) in [5.74, 6) is 0.828. The number of aromatic nitrogens is 1. The summed E-state index contributed by atoms with van der Waals surface area (Å²) in [6.07, 6.45) is 6.10. The molecule has 0 spiro atoms. The van der Waals surface area contributed by atoms with Gasteiger partial charge in [0.2, 0.25) is 0 Å². The fourth-order valence-electron chi connectivity index (χ4n) is 1.75. The Kier molecular flexibility index (Phi) is 4.58. The second kappa shape index (κ2) is 6.38. The third-order valence-corrected chi connectivity index (χ3v) is 3.04. The molecule has 98 valence electrons. The number of nitrogens with two attached hydrogens (primary N) is 1. The summed E-state index contributed by atoms with van der Waals surface area (Å²) in [6.45, 7) is 4.22. The lowest BCUT2D eigenvalue weighted by Crippen LogP contribution is -2.00. The number of benzene rings is 1. The number of nitrogens with zero attached hydrogens (tertiary/aromatic N) is 1. The molecule has 2 aromatic rings. The molecule has 0 radical (unpaired) electrons. The van der Waals surface area contributed by atoms with Crippen LogP contribution < -0.4 is 10.5 Å². The van der Waals surface area contributed by atoms with Gasteiger partial charge in [-0.05, 0) is 52.2 Å². The lowest BCUT2D eigenvalue weighted by molar-refractivity contribution is 0.303. The molecule has 0 aliphatic heterocycles. The average molecular weight is 319 g/mol. The van der Waals surface area contributed by atoms with Crippen LogP contribution in [0.15, 0.2) is 53.8 Å². The van der Waals surface area contributed by atoms with Crippen LogP contribution in [-0.4, -0.2) is 4.98 Å². The van der Waals surface area contributed by atoms with Crippen LogP contribution in [0.4, 0.5) is 5.69 Å². The molecule has 0 aliphatic carbocycles. The first-order valence-corrected chi connectivity index (χ1v) is 6.70. The minimum absolute atomic E-state index is 0.473. The maximum absolute atomic E-state index is 5.82. The maximum atomic E-state index is 5.82. The molecule has 0 atom stereocenters. The number of hydrogen-bond acceptors (Lipinski definition) is 3. The number of pyridine rings is 1. The molecule has 2 rings (SSSR count). The molecule has 0 saturated heterocycles. The molecule has 3 nitrogen and oxygen atoms in total. The van der Waals surface area contributed by atoms with Crippen molar-refractivity contribution in [2.75, 3.05) is 5.73 Å². The van der Waals surface area contributed by atoms with E-state index in [1.165, 1.54) is 0 Å². The van der Waals surface area contributed by atoms with Crippen LogP contribution in [0.3, 0.4) is 0 Å². The van der Waals surface area contributed by atoms with Gasteiger partial charge in [0.05, 0.1) is 0 Å². The van der Waals surface area contributed by atoms with E-state index in [0.29, 0.717) is 6.61 Å². The Morgan fingerprint density at radius 2 is 2.16 bits per heavy atom. The second-order valence-electron chi connectivity index (χ2n) is 4.16. The Bertz CT molecular complexity index is 584. The van der Waals surface area contributed by atoms with Crippen LogP contribution in [0, 0.1) is 0 Å². The van der Waals surface area contributed by atoms with Crippen LogP contribution in [0.5, 0.6) is 5.75 Å². The van der Waals surface area contributed by atoms with Gasteiger partial charge >= 0.3 is 0 Å². The van der Waals surface area contributed by atoms with E-state index in [1.807, 2.05) is 30.3 Å². The molecule has 1 heterocycles. The first kappa shape index (κ1) is 13.6. The van der Waals surface area contributed by atoms with Crippen molar-refractivity contribution in [1.82, 2.24) is 4.98 Å². The zero-order chi connectivity index (χ0) is 13.7. The zero-order valence-electron chi connectivity index (χ0n) is 10.5. The maximum Gasteiger partial charge on any atom is 0.123 e. The Hall–Kier alpha value is -1.81. The Labute approximate surface area is 121 Å². The highest BCUT2D eigenvalue weighted by Crippen LogP contribution is 2.23. The summed E-state index contributed by atoms with van der Waals surface area (Å²) in [4.78, 5) is 4.11. The Balaban J connectivity index is 2.12. The molecule has 0 saturated carbocycles. The van der Waals surface area contributed by atoms with Gasteiger partial charge < -0.3 is 10.5 Å². The van der Waals surface area contributed by atoms with Crippen molar-refractivity contribution in [3.8, 4) is 5.75 Å². The van der Waals surface area contributed by atoms with Crippen molar-refractivity contribution in [2.45, 2.75) is 13.0 Å². The molecule has 0 unspecified atom stereocenters. The Morgan fingerprint density at radius 3 is 2.89 bits per heavy atom. The van der Waals surface area contributed by atoms with E-state index < -0.39 is 0 Å². The number of rotatable bonds is 5. The molecule has 1 aromatic carbocycles. The van der Waals surface area contributed by atoms with Gasteiger partial charge in [0.15, 0.2) is 0 Å². The molecule has 0 amide bonds. The average Bonchev–Trinajstić information content (AvgIpc) is 2.38. The molecule has 0 bridgehead atoms. The van der Waals surface area contributed by atoms with Gasteiger partial charge in [-0.1, -0.05) is 6.08 Å². The van der Waals surface area contributed by atoms with Crippen LogP contribution >= 0.6 is 15.9 Å². The van der Waals surface area contributed by atoms with Crippen molar-refractivity contribution in [3.05, 3.63) is 64.9 Å². The predicted molar refractivity (Wildman–Crippen MR) is 81.0 cm³/mol. The van der Waals surface area contributed by atoms with Crippen LogP contribution in [0.25, 0.3) is 0 Å². The number of anilines is 1. The topological polar surface area (TPSA) is 48.1 Å². The van der Waals surface area contributed by atoms with Gasteiger partial charge in [-0.3, -0.25) is 4.98 Å². The first-order chi connectivity index (χ1) is 9.19. The first-order valence-electron chi connectivity index (χ1n) is 5.90. The third kappa shape index (κ3) is 3.83. The number of ether oxygens (including phenoxy) is 1. The van der Waals surface area contributed by atoms with E-state index >= 15 is 0 Å². The highest BCUT2D eigenvalue weighted by Gasteiger charge is 2.04. The third-order valence-electron chi connectivity index (χ3n) is 2.60. The largest absolute Gasteiger partial charge is 0.489 e. The minimum Gasteiger partial charge on any atom is -0.489 e. The summed E-state index contributed by atoms with van der Waals surface area (Å²) in [6, 6.07) is 7.62. The van der Waals surface area contributed by atoms with Crippen LogP contribution in [0.1, 0.15) is 11.1 Å². The predicted octanol–water partition coefficient (Wildman–Crippen LogP) is 3.73. The summed E-state index contributed by atoms with van der Waals surface area (Å²) in [7, 11) is 0. The summed E-state index contributed by atoms with van der Waals surface area (Å²) >= 11 is 3.39. The molecular formula is C15H15BrN2O. The number of halogens is 1. The fraction of sp³-hybridized carbons (Fsp3) is 0.133. The second-order valence-corrected chi connectivity index (χ2v) is 5.08. The van der Waals surface area contributed by atoms with Crippen molar-refractivity contribution in [3.63, 3.8) is 0 Å².